The minimum atomic E-state index is -3.54. The predicted octanol–water partition coefficient (Wildman–Crippen LogP) is 0.331. The number of nitrogens with zero attached hydrogens (tertiary/aromatic N) is 1. The lowest BCUT2D eigenvalue weighted by Crippen LogP contribution is -2.43. The van der Waals surface area contributed by atoms with Crippen LogP contribution < -0.4 is 0 Å². The number of carbonyl (C=O) groups is 3. The first-order valence-corrected chi connectivity index (χ1v) is 6.86. The van der Waals surface area contributed by atoms with Gasteiger partial charge in [-0.2, -0.15) is 8.78 Å². The molecule has 0 aromatic rings. The number of aliphatic hydroxyl groups is 1. The van der Waals surface area contributed by atoms with Gasteiger partial charge in [-0.3, -0.25) is 19.3 Å². The number of likely N-dealkylation sites (tertiary alicyclic amines) is 1. The van der Waals surface area contributed by atoms with Gasteiger partial charge in [0.05, 0.1) is 24.5 Å². The summed E-state index contributed by atoms with van der Waals surface area (Å²) in [7, 11) is 0. The number of rotatable bonds is 3. The van der Waals surface area contributed by atoms with Crippen molar-refractivity contribution in [2.24, 2.45) is 11.8 Å². The molecule has 2 amide bonds. The molecule has 0 spiro atoms. The number of esters is 1. The Morgan fingerprint density at radius 2 is 2.00 bits per heavy atom. The maximum Gasteiger partial charge on any atom is 0.326 e. The Balaban J connectivity index is 2.14. The van der Waals surface area contributed by atoms with Crippen molar-refractivity contribution in [1.82, 2.24) is 4.90 Å². The number of aliphatic hydroxyl groups excluding tert-OH is 1. The highest BCUT2D eigenvalue weighted by molar-refractivity contribution is 6.02. The van der Waals surface area contributed by atoms with Crippen LogP contribution in [0.2, 0.25) is 0 Å². The molecular weight excluding hydrogens is 288 g/mol. The van der Waals surface area contributed by atoms with Crippen LogP contribution in [0.5, 0.6) is 0 Å². The second kappa shape index (κ2) is 5.67. The smallest absolute Gasteiger partial charge is 0.326 e. The number of amides is 2. The van der Waals surface area contributed by atoms with Crippen molar-refractivity contribution in [3.05, 3.63) is 0 Å². The molecule has 2 fully saturated rings. The number of carbonyl (C=O) groups excluding carboxylic acids is 3. The van der Waals surface area contributed by atoms with Crippen molar-refractivity contribution >= 4 is 17.8 Å². The first-order chi connectivity index (χ1) is 9.77. The van der Waals surface area contributed by atoms with Crippen LogP contribution in [0.1, 0.15) is 26.2 Å². The molecule has 2 rings (SSSR count). The number of alkyl halides is 2. The van der Waals surface area contributed by atoms with Gasteiger partial charge < -0.3 is 9.84 Å². The van der Waals surface area contributed by atoms with E-state index in [1.165, 1.54) is 0 Å². The minimum absolute atomic E-state index is 0.0301. The fourth-order valence-electron chi connectivity index (χ4n) is 2.86. The number of hydrogen-bond acceptors (Lipinski definition) is 5. The molecule has 0 unspecified atom stereocenters. The van der Waals surface area contributed by atoms with Crippen LogP contribution in [-0.4, -0.2) is 53.0 Å². The van der Waals surface area contributed by atoms with E-state index in [4.69, 9.17) is 4.74 Å². The van der Waals surface area contributed by atoms with Gasteiger partial charge in [0.2, 0.25) is 5.91 Å². The van der Waals surface area contributed by atoms with Crippen LogP contribution in [-0.2, 0) is 19.1 Å². The molecule has 8 heteroatoms. The lowest BCUT2D eigenvalue weighted by atomic mass is 9.94. The molecule has 1 saturated heterocycles. The van der Waals surface area contributed by atoms with Crippen LogP contribution >= 0.6 is 0 Å². The Morgan fingerprint density at radius 1 is 1.38 bits per heavy atom. The minimum Gasteiger partial charge on any atom is -0.466 e. The molecule has 0 aromatic heterocycles. The highest BCUT2D eigenvalue weighted by atomic mass is 19.3. The Labute approximate surface area is 120 Å². The zero-order chi connectivity index (χ0) is 15.8. The van der Waals surface area contributed by atoms with Crippen molar-refractivity contribution in [2.45, 2.75) is 38.2 Å². The third-order valence-electron chi connectivity index (χ3n) is 3.92. The molecular formula is C13H17F2NO5. The van der Waals surface area contributed by atoms with E-state index in [9.17, 15) is 28.3 Å². The summed E-state index contributed by atoms with van der Waals surface area (Å²) >= 11 is 0. The number of hydrogen-bond donors (Lipinski definition) is 1. The second-order valence-electron chi connectivity index (χ2n) is 5.34. The quantitative estimate of drug-likeness (QED) is 0.600. The third-order valence-corrected chi connectivity index (χ3v) is 3.92. The Kier molecular flexibility index (Phi) is 4.27. The Morgan fingerprint density at radius 3 is 2.52 bits per heavy atom. The normalized spacial score (nSPS) is 31.5. The number of ether oxygens (including phenoxy) is 1. The molecule has 1 heterocycles. The van der Waals surface area contributed by atoms with Crippen molar-refractivity contribution in [3.63, 3.8) is 0 Å². The summed E-state index contributed by atoms with van der Waals surface area (Å²) in [5, 5.41) is 9.64. The van der Waals surface area contributed by atoms with Gasteiger partial charge in [-0.05, 0) is 19.8 Å². The lowest BCUT2D eigenvalue weighted by Gasteiger charge is -2.22. The van der Waals surface area contributed by atoms with Gasteiger partial charge in [-0.25, -0.2) is 0 Å². The van der Waals surface area contributed by atoms with E-state index in [2.05, 4.69) is 0 Å². The van der Waals surface area contributed by atoms with E-state index >= 15 is 0 Å². The summed E-state index contributed by atoms with van der Waals surface area (Å²) < 4.78 is 31.2. The van der Waals surface area contributed by atoms with Crippen molar-refractivity contribution in [1.29, 1.82) is 0 Å². The first-order valence-electron chi connectivity index (χ1n) is 6.86. The highest BCUT2D eigenvalue weighted by Crippen LogP contribution is 2.37. The van der Waals surface area contributed by atoms with Gasteiger partial charge in [0.25, 0.3) is 5.91 Å². The Bertz CT molecular complexity index is 467. The molecule has 0 radical (unpaired) electrons. The van der Waals surface area contributed by atoms with Gasteiger partial charge in [0, 0.05) is 13.0 Å². The van der Waals surface area contributed by atoms with Crippen LogP contribution in [0.3, 0.4) is 0 Å². The zero-order valence-corrected chi connectivity index (χ0v) is 11.6. The standard InChI is InChI=1S/C13H17F2NO5/c1-2-21-11(19)9-6-7(17)5-8(9)10(18)16-4-3-13(14,15)12(16)20/h7-9,17H,2-6H2,1H3/t7-,8-,9-/m1/s1. The van der Waals surface area contributed by atoms with Crippen molar-refractivity contribution < 1.29 is 33.0 Å². The summed E-state index contributed by atoms with van der Waals surface area (Å²) in [6.07, 6.45) is -1.59. The molecule has 2 aliphatic rings. The molecule has 0 aromatic carbocycles. The number of imide groups is 1. The van der Waals surface area contributed by atoms with Crippen LogP contribution in [0.25, 0.3) is 0 Å². The molecule has 1 N–H and O–H groups in total. The second-order valence-corrected chi connectivity index (χ2v) is 5.34. The van der Waals surface area contributed by atoms with E-state index < -0.39 is 48.1 Å². The average molecular weight is 305 g/mol. The number of halogens is 2. The summed E-state index contributed by atoms with van der Waals surface area (Å²) in [4.78, 5) is 36.0. The Hall–Kier alpha value is -1.57. The van der Waals surface area contributed by atoms with Crippen LogP contribution in [0, 0.1) is 11.8 Å². The highest BCUT2D eigenvalue weighted by Gasteiger charge is 2.53. The van der Waals surface area contributed by atoms with E-state index in [-0.39, 0.29) is 26.0 Å². The summed E-state index contributed by atoms with van der Waals surface area (Å²) in [6, 6.07) is 0. The van der Waals surface area contributed by atoms with E-state index in [1.807, 2.05) is 0 Å². The first kappa shape index (κ1) is 15.8. The molecule has 118 valence electrons. The average Bonchev–Trinajstić information content (AvgIpc) is 2.91. The van der Waals surface area contributed by atoms with Crippen LogP contribution in [0.4, 0.5) is 8.78 Å². The van der Waals surface area contributed by atoms with Gasteiger partial charge in [-0.15, -0.1) is 0 Å². The molecule has 3 atom stereocenters. The molecule has 6 nitrogen and oxygen atoms in total. The monoisotopic (exact) mass is 305 g/mol. The summed E-state index contributed by atoms with van der Waals surface area (Å²) in [5.41, 5.74) is 0. The lowest BCUT2D eigenvalue weighted by molar-refractivity contribution is -0.160. The van der Waals surface area contributed by atoms with Crippen molar-refractivity contribution in [3.8, 4) is 0 Å². The van der Waals surface area contributed by atoms with Crippen molar-refractivity contribution in [2.75, 3.05) is 13.2 Å². The van der Waals surface area contributed by atoms with Gasteiger partial charge in [0.1, 0.15) is 0 Å². The van der Waals surface area contributed by atoms with E-state index in [0.717, 1.165) is 0 Å². The molecule has 1 aliphatic heterocycles. The maximum atomic E-state index is 13.2. The zero-order valence-electron chi connectivity index (χ0n) is 11.6. The van der Waals surface area contributed by atoms with Crippen LogP contribution in [0.15, 0.2) is 0 Å². The molecule has 1 saturated carbocycles. The van der Waals surface area contributed by atoms with Gasteiger partial charge >= 0.3 is 11.9 Å². The fourth-order valence-corrected chi connectivity index (χ4v) is 2.86. The van der Waals surface area contributed by atoms with E-state index in [0.29, 0.717) is 4.90 Å². The largest absolute Gasteiger partial charge is 0.466 e. The fraction of sp³-hybridized carbons (Fsp3) is 0.769. The van der Waals surface area contributed by atoms with Gasteiger partial charge in [-0.1, -0.05) is 0 Å². The van der Waals surface area contributed by atoms with Gasteiger partial charge in [0.15, 0.2) is 0 Å². The molecule has 1 aliphatic carbocycles. The van der Waals surface area contributed by atoms with E-state index in [1.54, 1.807) is 6.92 Å². The summed E-state index contributed by atoms with van der Waals surface area (Å²) in [5.74, 6) is -8.42. The molecule has 0 bridgehead atoms. The summed E-state index contributed by atoms with van der Waals surface area (Å²) in [6.45, 7) is 1.35. The topological polar surface area (TPSA) is 83.9 Å². The third kappa shape index (κ3) is 2.90. The molecule has 21 heavy (non-hydrogen) atoms. The maximum absolute atomic E-state index is 13.2. The SMILES string of the molecule is CCOC(=O)[C@@H]1C[C@H](O)C[C@H]1C(=O)N1CCC(F)(F)C1=O. The predicted molar refractivity (Wildman–Crippen MR) is 65.1 cm³/mol.